The van der Waals surface area contributed by atoms with Crippen LogP contribution in [0.2, 0.25) is 0 Å². The van der Waals surface area contributed by atoms with E-state index >= 15 is 0 Å². The number of hydrogen-bond donors (Lipinski definition) is 0. The number of pyridine rings is 1. The zero-order valence-electron chi connectivity index (χ0n) is 18.9. The molecule has 1 aliphatic rings. The van der Waals surface area contributed by atoms with Gasteiger partial charge in [0.15, 0.2) is 22.5 Å². The third-order valence-corrected chi connectivity index (χ3v) is 6.84. The second-order valence-corrected chi connectivity index (χ2v) is 8.90. The Balaban J connectivity index is 1.67. The van der Waals surface area contributed by atoms with E-state index in [9.17, 15) is 0 Å². The van der Waals surface area contributed by atoms with E-state index < -0.39 is 0 Å². The molecule has 2 aromatic heterocycles. The van der Waals surface area contributed by atoms with Gasteiger partial charge < -0.3 is 14.2 Å². The summed E-state index contributed by atoms with van der Waals surface area (Å²) in [6, 6.07) is 8.43. The molecular formula is C24H30N4O3S. The Labute approximate surface area is 193 Å². The van der Waals surface area contributed by atoms with Crippen molar-refractivity contribution >= 4 is 11.8 Å². The minimum Gasteiger partial charge on any atom is -0.493 e. The van der Waals surface area contributed by atoms with Gasteiger partial charge in [-0.25, -0.2) is 0 Å². The summed E-state index contributed by atoms with van der Waals surface area (Å²) in [5.74, 6) is 3.60. The lowest BCUT2D eigenvalue weighted by atomic mass is 9.95. The Morgan fingerprint density at radius 3 is 2.25 bits per heavy atom. The van der Waals surface area contributed by atoms with Crippen molar-refractivity contribution in [2.24, 2.45) is 0 Å². The van der Waals surface area contributed by atoms with Gasteiger partial charge in [-0.05, 0) is 49.1 Å². The molecule has 8 heteroatoms. The molecule has 0 bridgehead atoms. The van der Waals surface area contributed by atoms with Gasteiger partial charge in [-0.2, -0.15) is 0 Å². The van der Waals surface area contributed by atoms with Crippen molar-refractivity contribution in [2.75, 3.05) is 27.1 Å². The van der Waals surface area contributed by atoms with Gasteiger partial charge in [-0.1, -0.05) is 31.0 Å². The maximum absolute atomic E-state index is 5.57. The topological polar surface area (TPSA) is 71.3 Å². The third kappa shape index (κ3) is 4.85. The molecule has 1 fully saturated rings. The SMILES string of the molecule is COc1cc(-c2nnc(SCCc3ccncc3)n2C2CCCCC2)cc(OC)c1OC. The fraction of sp³-hybridized carbons (Fsp3) is 0.458. The predicted molar refractivity (Wildman–Crippen MR) is 126 cm³/mol. The van der Waals surface area contributed by atoms with E-state index in [2.05, 4.69) is 31.9 Å². The van der Waals surface area contributed by atoms with Crippen LogP contribution in [0.5, 0.6) is 17.2 Å². The van der Waals surface area contributed by atoms with E-state index in [1.807, 2.05) is 24.5 Å². The number of hydrogen-bond acceptors (Lipinski definition) is 7. The molecule has 0 aliphatic heterocycles. The second-order valence-electron chi connectivity index (χ2n) is 7.84. The normalized spacial score (nSPS) is 14.3. The first-order chi connectivity index (χ1) is 15.7. The third-order valence-electron chi connectivity index (χ3n) is 5.90. The number of methoxy groups -OCH3 is 3. The average molecular weight is 455 g/mol. The highest BCUT2D eigenvalue weighted by Gasteiger charge is 2.25. The summed E-state index contributed by atoms with van der Waals surface area (Å²) in [6.45, 7) is 0. The van der Waals surface area contributed by atoms with Crippen molar-refractivity contribution < 1.29 is 14.2 Å². The van der Waals surface area contributed by atoms with Crippen molar-refractivity contribution in [2.45, 2.75) is 49.7 Å². The Kier molecular flexibility index (Phi) is 7.52. The van der Waals surface area contributed by atoms with Crippen molar-refractivity contribution in [1.29, 1.82) is 0 Å². The Hall–Kier alpha value is -2.74. The van der Waals surface area contributed by atoms with Crippen LogP contribution < -0.4 is 14.2 Å². The lowest BCUT2D eigenvalue weighted by Gasteiger charge is -2.26. The van der Waals surface area contributed by atoms with E-state index in [1.165, 1.54) is 24.8 Å². The number of ether oxygens (including phenoxy) is 3. The Morgan fingerprint density at radius 2 is 1.62 bits per heavy atom. The van der Waals surface area contributed by atoms with Gasteiger partial charge in [0, 0.05) is 29.8 Å². The largest absolute Gasteiger partial charge is 0.493 e. The highest BCUT2D eigenvalue weighted by atomic mass is 32.2. The molecule has 1 saturated carbocycles. The minimum atomic E-state index is 0.399. The van der Waals surface area contributed by atoms with Gasteiger partial charge in [-0.3, -0.25) is 9.55 Å². The monoisotopic (exact) mass is 454 g/mol. The van der Waals surface area contributed by atoms with Crippen molar-refractivity contribution in [3.8, 4) is 28.6 Å². The summed E-state index contributed by atoms with van der Waals surface area (Å²) in [5.41, 5.74) is 2.19. The summed E-state index contributed by atoms with van der Waals surface area (Å²) in [6.07, 6.45) is 10.7. The van der Waals surface area contributed by atoms with Gasteiger partial charge in [0.05, 0.1) is 21.3 Å². The van der Waals surface area contributed by atoms with Crippen LogP contribution in [0.15, 0.2) is 41.8 Å². The number of benzene rings is 1. The van der Waals surface area contributed by atoms with E-state index in [-0.39, 0.29) is 0 Å². The van der Waals surface area contributed by atoms with Crippen LogP contribution in [0, 0.1) is 0 Å². The van der Waals surface area contributed by atoms with Crippen LogP contribution in [-0.2, 0) is 6.42 Å². The first-order valence-corrected chi connectivity index (χ1v) is 12.0. The molecule has 0 saturated heterocycles. The van der Waals surface area contributed by atoms with Crippen LogP contribution >= 0.6 is 11.8 Å². The quantitative estimate of drug-likeness (QED) is 0.411. The summed E-state index contributed by atoms with van der Waals surface area (Å²) < 4.78 is 19.0. The number of rotatable bonds is 9. The molecule has 0 spiro atoms. The second kappa shape index (κ2) is 10.7. The number of aryl methyl sites for hydroxylation is 1. The van der Waals surface area contributed by atoms with Crippen LogP contribution in [0.3, 0.4) is 0 Å². The molecule has 0 atom stereocenters. The predicted octanol–water partition coefficient (Wildman–Crippen LogP) is 5.21. The van der Waals surface area contributed by atoms with Crippen LogP contribution in [-0.4, -0.2) is 46.8 Å². The number of aromatic nitrogens is 4. The van der Waals surface area contributed by atoms with E-state index in [0.717, 1.165) is 41.6 Å². The fourth-order valence-corrected chi connectivity index (χ4v) is 5.25. The molecule has 0 amide bonds. The van der Waals surface area contributed by atoms with Crippen LogP contribution in [0.1, 0.15) is 43.7 Å². The van der Waals surface area contributed by atoms with Crippen molar-refractivity contribution in [3.05, 3.63) is 42.2 Å². The Morgan fingerprint density at radius 1 is 0.938 bits per heavy atom. The van der Waals surface area contributed by atoms with Crippen LogP contribution in [0.25, 0.3) is 11.4 Å². The van der Waals surface area contributed by atoms with Gasteiger partial charge in [0.2, 0.25) is 5.75 Å². The lowest BCUT2D eigenvalue weighted by Crippen LogP contribution is -2.15. The summed E-state index contributed by atoms with van der Waals surface area (Å²) >= 11 is 1.76. The molecule has 0 unspecified atom stereocenters. The summed E-state index contributed by atoms with van der Waals surface area (Å²) in [5, 5.41) is 10.2. The van der Waals surface area contributed by atoms with E-state index in [1.54, 1.807) is 33.1 Å². The summed E-state index contributed by atoms with van der Waals surface area (Å²) in [7, 11) is 4.88. The van der Waals surface area contributed by atoms with Gasteiger partial charge >= 0.3 is 0 Å². The molecule has 1 aromatic carbocycles. The van der Waals surface area contributed by atoms with Crippen LogP contribution in [0.4, 0.5) is 0 Å². The van der Waals surface area contributed by atoms with Gasteiger partial charge in [0.25, 0.3) is 0 Å². The zero-order valence-corrected chi connectivity index (χ0v) is 19.7. The molecule has 7 nitrogen and oxygen atoms in total. The molecule has 170 valence electrons. The molecule has 32 heavy (non-hydrogen) atoms. The van der Waals surface area contributed by atoms with Crippen molar-refractivity contribution in [1.82, 2.24) is 19.7 Å². The molecule has 0 radical (unpaired) electrons. The highest BCUT2D eigenvalue weighted by Crippen LogP contribution is 2.43. The minimum absolute atomic E-state index is 0.399. The summed E-state index contributed by atoms with van der Waals surface area (Å²) in [4.78, 5) is 4.10. The lowest BCUT2D eigenvalue weighted by molar-refractivity contribution is 0.324. The highest BCUT2D eigenvalue weighted by molar-refractivity contribution is 7.99. The molecule has 4 rings (SSSR count). The fourth-order valence-electron chi connectivity index (χ4n) is 4.26. The smallest absolute Gasteiger partial charge is 0.203 e. The molecule has 1 aliphatic carbocycles. The maximum atomic E-state index is 5.57. The maximum Gasteiger partial charge on any atom is 0.203 e. The Bertz CT molecular complexity index is 994. The average Bonchev–Trinajstić information content (AvgIpc) is 3.28. The van der Waals surface area contributed by atoms with Crippen molar-refractivity contribution in [3.63, 3.8) is 0 Å². The first-order valence-electron chi connectivity index (χ1n) is 11.0. The number of thioether (sulfide) groups is 1. The van der Waals surface area contributed by atoms with Gasteiger partial charge in [0.1, 0.15) is 0 Å². The molecule has 2 heterocycles. The molecule has 3 aromatic rings. The molecule has 0 N–H and O–H groups in total. The standard InChI is InChI=1S/C24H30N4O3S/c1-29-20-15-18(16-21(30-2)22(20)31-3)23-26-27-24(28(23)19-7-5-4-6-8-19)32-14-11-17-9-12-25-13-10-17/h9-10,12-13,15-16,19H,4-8,11,14H2,1-3H3. The van der Waals surface area contributed by atoms with Gasteiger partial charge in [-0.15, -0.1) is 10.2 Å². The zero-order chi connectivity index (χ0) is 22.3. The first kappa shape index (κ1) is 22.5. The number of nitrogens with zero attached hydrogens (tertiary/aromatic N) is 4. The molecular weight excluding hydrogens is 424 g/mol. The van der Waals surface area contributed by atoms with E-state index in [0.29, 0.717) is 23.3 Å². The van der Waals surface area contributed by atoms with E-state index in [4.69, 9.17) is 14.2 Å².